The number of carbonyl (C=O) groups excluding carboxylic acids is 1. The molecule has 2 unspecified atom stereocenters. The Balaban J connectivity index is 1.63. The van der Waals surface area contributed by atoms with Gasteiger partial charge < -0.3 is 18.4 Å². The highest BCUT2D eigenvalue weighted by atomic mass is 32.2. The normalized spacial score (nSPS) is 13.4. The van der Waals surface area contributed by atoms with Crippen LogP contribution in [0.5, 0.6) is 5.75 Å². The van der Waals surface area contributed by atoms with Crippen LogP contribution in [-0.4, -0.2) is 21.9 Å². The number of fused-ring (bicyclic) bond motifs is 1. The standard InChI is InChI=1S/C33H39NO5S/c1-7-37-30(35)20-25-11-8-9-14-29(25)39-21-23-17-27-15-16-38-32(27)28(18-23)24-12-10-13-26(19-24)31(22(2)3)34-40(36)33(4,5)6/h8-19,22,31,34H,7,20-21H2,1-6H3. The van der Waals surface area contributed by atoms with E-state index in [4.69, 9.17) is 13.9 Å². The predicted octanol–water partition coefficient (Wildman–Crippen LogP) is 7.53. The van der Waals surface area contributed by atoms with Gasteiger partial charge in [-0.25, -0.2) is 0 Å². The molecule has 0 saturated heterocycles. The lowest BCUT2D eigenvalue weighted by molar-refractivity contribution is -0.142. The molecule has 0 aliphatic rings. The van der Waals surface area contributed by atoms with Crippen molar-refractivity contribution in [3.63, 3.8) is 0 Å². The van der Waals surface area contributed by atoms with Crippen molar-refractivity contribution in [3.05, 3.63) is 89.7 Å². The van der Waals surface area contributed by atoms with Crippen molar-refractivity contribution < 1.29 is 23.2 Å². The summed E-state index contributed by atoms with van der Waals surface area (Å²) in [5, 5.41) is 0.980. The van der Waals surface area contributed by atoms with E-state index in [1.807, 2.05) is 57.2 Å². The maximum Gasteiger partial charge on any atom is 0.310 e. The second kappa shape index (κ2) is 12.9. The van der Waals surface area contributed by atoms with Crippen molar-refractivity contribution in [1.82, 2.24) is 4.72 Å². The number of ether oxygens (including phenoxy) is 2. The minimum atomic E-state index is -1.20. The van der Waals surface area contributed by atoms with Crippen molar-refractivity contribution in [1.29, 1.82) is 0 Å². The minimum absolute atomic E-state index is 0.0745. The Morgan fingerprint density at radius 3 is 2.55 bits per heavy atom. The van der Waals surface area contributed by atoms with Gasteiger partial charge in [-0.3, -0.25) is 4.79 Å². The third kappa shape index (κ3) is 7.27. The van der Waals surface area contributed by atoms with Gasteiger partial charge in [0.25, 0.3) is 0 Å². The summed E-state index contributed by atoms with van der Waals surface area (Å²) in [6.45, 7) is 12.7. The summed E-state index contributed by atoms with van der Waals surface area (Å²) < 4.78 is 33.2. The van der Waals surface area contributed by atoms with E-state index in [9.17, 15) is 9.35 Å². The monoisotopic (exact) mass is 561 g/mol. The largest absolute Gasteiger partial charge is 0.598 e. The second-order valence-electron chi connectivity index (χ2n) is 11.2. The van der Waals surface area contributed by atoms with Crippen LogP contribution in [0.4, 0.5) is 0 Å². The SMILES string of the molecule is CCOC(=O)Cc1ccccc1OCc1cc(-c2cccc(C(N[S+]([O-])C(C)(C)C)C(C)C)c2)c2occc2c1. The van der Waals surface area contributed by atoms with Crippen LogP contribution in [0.25, 0.3) is 22.1 Å². The molecule has 40 heavy (non-hydrogen) atoms. The predicted molar refractivity (Wildman–Crippen MR) is 161 cm³/mol. The molecular weight excluding hydrogens is 522 g/mol. The fourth-order valence-electron chi connectivity index (χ4n) is 4.54. The van der Waals surface area contributed by atoms with E-state index >= 15 is 0 Å². The Morgan fingerprint density at radius 1 is 1.05 bits per heavy atom. The first kappa shape index (κ1) is 29.7. The molecule has 0 aliphatic carbocycles. The van der Waals surface area contributed by atoms with Crippen LogP contribution < -0.4 is 9.46 Å². The highest BCUT2D eigenvalue weighted by molar-refractivity contribution is 7.90. The first-order valence-corrected chi connectivity index (χ1v) is 14.9. The zero-order valence-corrected chi connectivity index (χ0v) is 25.0. The van der Waals surface area contributed by atoms with Gasteiger partial charge >= 0.3 is 5.97 Å². The molecule has 1 N–H and O–H groups in total. The van der Waals surface area contributed by atoms with Crippen molar-refractivity contribution in [2.75, 3.05) is 6.61 Å². The first-order valence-electron chi connectivity index (χ1n) is 13.7. The first-order chi connectivity index (χ1) is 19.1. The van der Waals surface area contributed by atoms with Crippen LogP contribution in [0.2, 0.25) is 0 Å². The molecule has 4 rings (SSSR count). The molecule has 1 aromatic heterocycles. The van der Waals surface area contributed by atoms with Crippen LogP contribution in [0.15, 0.2) is 77.4 Å². The Bertz CT molecular complexity index is 1440. The van der Waals surface area contributed by atoms with Crippen LogP contribution in [0.3, 0.4) is 0 Å². The van der Waals surface area contributed by atoms with E-state index in [1.165, 1.54) is 0 Å². The minimum Gasteiger partial charge on any atom is -0.598 e. The highest BCUT2D eigenvalue weighted by Crippen LogP contribution is 2.34. The highest BCUT2D eigenvalue weighted by Gasteiger charge is 2.31. The zero-order valence-electron chi connectivity index (χ0n) is 24.2. The number of benzene rings is 3. The Hall–Kier alpha value is -3.26. The van der Waals surface area contributed by atoms with E-state index in [0.29, 0.717) is 19.0 Å². The van der Waals surface area contributed by atoms with Crippen molar-refractivity contribution in [2.24, 2.45) is 5.92 Å². The van der Waals surface area contributed by atoms with E-state index in [2.05, 4.69) is 48.9 Å². The van der Waals surface area contributed by atoms with Crippen molar-refractivity contribution >= 4 is 28.3 Å². The molecule has 3 aromatic carbocycles. The van der Waals surface area contributed by atoms with E-state index in [1.54, 1.807) is 13.2 Å². The number of carbonyl (C=O) groups is 1. The summed E-state index contributed by atoms with van der Waals surface area (Å²) in [5.74, 6) is 0.616. The summed E-state index contributed by atoms with van der Waals surface area (Å²) >= 11 is -1.20. The maximum absolute atomic E-state index is 12.9. The Labute approximate surface area is 240 Å². The smallest absolute Gasteiger partial charge is 0.310 e. The molecule has 212 valence electrons. The molecule has 6 nitrogen and oxygen atoms in total. The van der Waals surface area contributed by atoms with Gasteiger partial charge in [0.05, 0.1) is 25.3 Å². The van der Waals surface area contributed by atoms with Gasteiger partial charge in [0.1, 0.15) is 22.7 Å². The average Bonchev–Trinajstić information content (AvgIpc) is 3.39. The molecular formula is C33H39NO5S. The van der Waals surface area contributed by atoms with Gasteiger partial charge in [-0.1, -0.05) is 50.2 Å². The average molecular weight is 562 g/mol. The summed E-state index contributed by atoms with van der Waals surface area (Å²) in [7, 11) is 0. The zero-order chi connectivity index (χ0) is 28.9. The van der Waals surface area contributed by atoms with Gasteiger partial charge in [-0.15, -0.1) is 4.72 Å². The number of hydrogen-bond donors (Lipinski definition) is 1. The number of hydrogen-bond acceptors (Lipinski definition) is 6. The van der Waals surface area contributed by atoms with Crippen molar-refractivity contribution in [2.45, 2.75) is 65.4 Å². The summed E-state index contributed by atoms with van der Waals surface area (Å²) in [6.07, 6.45) is 1.86. The third-order valence-electron chi connectivity index (χ3n) is 6.63. The molecule has 0 radical (unpaired) electrons. The Kier molecular flexibility index (Phi) is 9.61. The topological polar surface area (TPSA) is 83.8 Å². The number of esters is 1. The number of rotatable bonds is 11. The fraction of sp³-hybridized carbons (Fsp3) is 0.364. The van der Waals surface area contributed by atoms with Crippen LogP contribution in [0, 0.1) is 5.92 Å². The fourth-order valence-corrected chi connectivity index (χ4v) is 5.53. The van der Waals surface area contributed by atoms with Gasteiger partial charge in [-0.05, 0) is 80.6 Å². The quantitative estimate of drug-likeness (QED) is 0.150. The molecule has 0 saturated carbocycles. The Morgan fingerprint density at radius 2 is 1.82 bits per heavy atom. The van der Waals surface area contributed by atoms with Crippen LogP contribution >= 0.6 is 0 Å². The molecule has 1 heterocycles. The molecule has 0 bridgehead atoms. The van der Waals surface area contributed by atoms with Gasteiger partial charge in [0, 0.05) is 27.9 Å². The van der Waals surface area contributed by atoms with E-state index in [0.717, 1.165) is 38.8 Å². The molecule has 4 aromatic rings. The molecule has 7 heteroatoms. The van der Waals surface area contributed by atoms with Crippen LogP contribution in [0.1, 0.15) is 64.3 Å². The molecule has 0 amide bonds. The third-order valence-corrected chi connectivity index (χ3v) is 8.21. The number of para-hydroxylation sites is 1. The van der Waals surface area contributed by atoms with Gasteiger partial charge in [0.15, 0.2) is 0 Å². The lowest BCUT2D eigenvalue weighted by Crippen LogP contribution is -2.42. The van der Waals surface area contributed by atoms with E-state index < -0.39 is 11.4 Å². The maximum atomic E-state index is 12.9. The lowest BCUT2D eigenvalue weighted by Gasteiger charge is -2.30. The second-order valence-corrected chi connectivity index (χ2v) is 13.2. The molecule has 0 aliphatic heterocycles. The number of nitrogens with one attached hydrogen (secondary N) is 1. The van der Waals surface area contributed by atoms with Crippen molar-refractivity contribution in [3.8, 4) is 16.9 Å². The summed E-state index contributed by atoms with van der Waals surface area (Å²) in [4.78, 5) is 12.1. The summed E-state index contributed by atoms with van der Waals surface area (Å²) in [6, 6.07) is 21.9. The van der Waals surface area contributed by atoms with Gasteiger partial charge in [-0.2, -0.15) is 0 Å². The summed E-state index contributed by atoms with van der Waals surface area (Å²) in [5.41, 5.74) is 5.61. The molecule has 0 spiro atoms. The van der Waals surface area contributed by atoms with Gasteiger partial charge in [0.2, 0.25) is 0 Å². The van der Waals surface area contributed by atoms with Crippen LogP contribution in [-0.2, 0) is 33.9 Å². The van der Waals surface area contributed by atoms with E-state index in [-0.39, 0.29) is 29.1 Å². The molecule has 2 atom stereocenters. The number of furan rings is 1. The molecule has 0 fully saturated rings. The lowest BCUT2D eigenvalue weighted by atomic mass is 9.93.